The highest BCUT2D eigenvalue weighted by atomic mass is 32.2. The first-order chi connectivity index (χ1) is 14.3. The van der Waals surface area contributed by atoms with Gasteiger partial charge < -0.3 is 10.1 Å². The minimum Gasteiger partial charge on any atom is -0.490 e. The van der Waals surface area contributed by atoms with Gasteiger partial charge in [0.05, 0.1) is 0 Å². The Morgan fingerprint density at radius 1 is 1.17 bits per heavy atom. The molecule has 1 N–H and O–H groups in total. The van der Waals surface area contributed by atoms with Gasteiger partial charge in [0.15, 0.2) is 0 Å². The highest BCUT2D eigenvalue weighted by Gasteiger charge is 2.30. The summed E-state index contributed by atoms with van der Waals surface area (Å²) in [6.45, 7) is 0.998. The molecule has 162 valence electrons. The van der Waals surface area contributed by atoms with Gasteiger partial charge in [0.2, 0.25) is 0 Å². The standard InChI is InChI=1S/C21H26FN3O4S/c1-24(2)30(27,28)25-11-9-19(10-12-25)29-20-8-4-6-17(14-20)21(26)23-15-16-5-3-7-18(22)13-16/h3-8,13-14,19H,9-12,15H2,1-2H3,(H,23,26). The monoisotopic (exact) mass is 435 g/mol. The van der Waals surface area contributed by atoms with Gasteiger partial charge >= 0.3 is 0 Å². The maximum absolute atomic E-state index is 13.3. The molecule has 0 bridgehead atoms. The molecule has 1 saturated heterocycles. The molecule has 9 heteroatoms. The van der Waals surface area contributed by atoms with E-state index < -0.39 is 10.2 Å². The number of halogens is 1. The van der Waals surface area contributed by atoms with Crippen molar-refractivity contribution in [2.75, 3.05) is 27.2 Å². The molecule has 3 rings (SSSR count). The fourth-order valence-corrected chi connectivity index (χ4v) is 4.38. The average molecular weight is 436 g/mol. The van der Waals surface area contributed by atoms with Crippen molar-refractivity contribution in [3.8, 4) is 5.75 Å². The molecular formula is C21H26FN3O4S. The number of ether oxygens (including phenoxy) is 1. The van der Waals surface area contributed by atoms with Gasteiger partial charge in [-0.3, -0.25) is 4.79 Å². The van der Waals surface area contributed by atoms with Crippen molar-refractivity contribution in [2.24, 2.45) is 0 Å². The largest absolute Gasteiger partial charge is 0.490 e. The van der Waals surface area contributed by atoms with Gasteiger partial charge in [-0.15, -0.1) is 0 Å². The van der Waals surface area contributed by atoms with E-state index in [0.717, 1.165) is 0 Å². The molecule has 0 saturated carbocycles. The summed E-state index contributed by atoms with van der Waals surface area (Å²) >= 11 is 0. The molecule has 0 atom stereocenters. The predicted octanol–water partition coefficient (Wildman–Crippen LogP) is 2.41. The summed E-state index contributed by atoms with van der Waals surface area (Å²) in [4.78, 5) is 12.4. The Hall–Kier alpha value is -2.49. The van der Waals surface area contributed by atoms with E-state index in [1.165, 1.54) is 34.8 Å². The first kappa shape index (κ1) is 22.2. The molecule has 1 aliphatic heterocycles. The molecule has 0 aromatic heterocycles. The Bertz CT molecular complexity index is 989. The summed E-state index contributed by atoms with van der Waals surface area (Å²) in [6, 6.07) is 12.9. The Morgan fingerprint density at radius 2 is 1.87 bits per heavy atom. The number of hydrogen-bond acceptors (Lipinski definition) is 4. The molecule has 0 radical (unpaired) electrons. The van der Waals surface area contributed by atoms with Gasteiger partial charge in [-0.25, -0.2) is 4.39 Å². The molecule has 0 spiro atoms. The second kappa shape index (κ2) is 9.55. The second-order valence-corrected chi connectivity index (χ2v) is 9.49. The van der Waals surface area contributed by atoms with Crippen molar-refractivity contribution in [1.82, 2.24) is 13.9 Å². The van der Waals surface area contributed by atoms with E-state index in [1.54, 1.807) is 36.4 Å². The van der Waals surface area contributed by atoms with Crippen LogP contribution < -0.4 is 10.1 Å². The molecule has 1 amide bonds. The zero-order valence-electron chi connectivity index (χ0n) is 17.0. The highest BCUT2D eigenvalue weighted by molar-refractivity contribution is 7.86. The van der Waals surface area contributed by atoms with Gasteiger partial charge in [0.1, 0.15) is 17.7 Å². The highest BCUT2D eigenvalue weighted by Crippen LogP contribution is 2.22. The molecule has 1 aliphatic rings. The van der Waals surface area contributed by atoms with Gasteiger partial charge in [-0.1, -0.05) is 18.2 Å². The minimum atomic E-state index is -3.41. The molecule has 0 unspecified atom stereocenters. The first-order valence-electron chi connectivity index (χ1n) is 9.72. The van der Waals surface area contributed by atoms with E-state index in [9.17, 15) is 17.6 Å². The van der Waals surface area contributed by atoms with E-state index in [2.05, 4.69) is 5.32 Å². The van der Waals surface area contributed by atoms with Gasteiger partial charge in [-0.2, -0.15) is 17.0 Å². The lowest BCUT2D eigenvalue weighted by molar-refractivity contribution is 0.0948. The van der Waals surface area contributed by atoms with Gasteiger partial charge in [-0.05, 0) is 48.7 Å². The van der Waals surface area contributed by atoms with Crippen LogP contribution in [0.2, 0.25) is 0 Å². The molecule has 30 heavy (non-hydrogen) atoms. The van der Waals surface area contributed by atoms with E-state index >= 15 is 0 Å². The van der Waals surface area contributed by atoms with Crippen LogP contribution in [0.15, 0.2) is 48.5 Å². The molecule has 7 nitrogen and oxygen atoms in total. The predicted molar refractivity (Wildman–Crippen MR) is 112 cm³/mol. The Balaban J connectivity index is 1.55. The van der Waals surface area contributed by atoms with Crippen molar-refractivity contribution in [3.05, 3.63) is 65.5 Å². The maximum Gasteiger partial charge on any atom is 0.281 e. The summed E-state index contributed by atoms with van der Waals surface area (Å²) in [5.41, 5.74) is 1.12. The fraction of sp³-hybridized carbons (Fsp3) is 0.381. The van der Waals surface area contributed by atoms with Gasteiger partial charge in [0.25, 0.3) is 16.1 Å². The van der Waals surface area contributed by atoms with Crippen molar-refractivity contribution in [2.45, 2.75) is 25.5 Å². The van der Waals surface area contributed by atoms with Crippen molar-refractivity contribution in [3.63, 3.8) is 0 Å². The number of benzene rings is 2. The molecule has 1 heterocycles. The summed E-state index contributed by atoms with van der Waals surface area (Å²) in [5, 5.41) is 2.77. The molecule has 2 aromatic rings. The van der Waals surface area contributed by atoms with E-state index in [-0.39, 0.29) is 24.4 Å². The molecule has 1 fully saturated rings. The summed E-state index contributed by atoms with van der Waals surface area (Å²) in [6.07, 6.45) is 1.02. The summed E-state index contributed by atoms with van der Waals surface area (Å²) in [5.74, 6) is -0.0690. The zero-order chi connectivity index (χ0) is 21.7. The normalized spacial score (nSPS) is 15.9. The van der Waals surface area contributed by atoms with E-state index in [4.69, 9.17) is 4.74 Å². The van der Waals surface area contributed by atoms with Crippen LogP contribution in [0.4, 0.5) is 4.39 Å². The number of carbonyl (C=O) groups excluding carboxylic acids is 1. The lowest BCUT2D eigenvalue weighted by Crippen LogP contribution is -2.46. The molecule has 0 aliphatic carbocycles. The summed E-state index contributed by atoms with van der Waals surface area (Å²) in [7, 11) is -0.378. The Labute approximate surface area is 176 Å². The van der Waals surface area contributed by atoms with Crippen molar-refractivity contribution in [1.29, 1.82) is 0 Å². The third-order valence-corrected chi connectivity index (χ3v) is 6.87. The lowest BCUT2D eigenvalue weighted by Gasteiger charge is -2.32. The fourth-order valence-electron chi connectivity index (χ4n) is 3.25. The minimum absolute atomic E-state index is 0.121. The second-order valence-electron chi connectivity index (χ2n) is 7.35. The number of amides is 1. The van der Waals surface area contributed by atoms with Crippen LogP contribution in [-0.4, -0.2) is 56.2 Å². The first-order valence-corrected chi connectivity index (χ1v) is 11.1. The smallest absolute Gasteiger partial charge is 0.281 e. The van der Waals surface area contributed by atoms with E-state index in [0.29, 0.717) is 42.8 Å². The maximum atomic E-state index is 13.3. The third kappa shape index (κ3) is 5.56. The van der Waals surface area contributed by atoms with Crippen molar-refractivity contribution < 1.29 is 22.3 Å². The number of hydrogen-bond donors (Lipinski definition) is 1. The third-order valence-electron chi connectivity index (χ3n) is 4.93. The van der Waals surface area contributed by atoms with Crippen LogP contribution in [-0.2, 0) is 16.8 Å². The van der Waals surface area contributed by atoms with Crippen LogP contribution >= 0.6 is 0 Å². The SMILES string of the molecule is CN(C)S(=O)(=O)N1CCC(Oc2cccc(C(=O)NCc3cccc(F)c3)c2)CC1. The number of carbonyl (C=O) groups is 1. The molecular weight excluding hydrogens is 409 g/mol. The van der Waals surface area contributed by atoms with Crippen LogP contribution in [0, 0.1) is 5.82 Å². The number of nitrogens with zero attached hydrogens (tertiary/aromatic N) is 2. The lowest BCUT2D eigenvalue weighted by atomic mass is 10.1. The Kier molecular flexibility index (Phi) is 7.06. The number of nitrogens with one attached hydrogen (secondary N) is 1. The van der Waals surface area contributed by atoms with Gasteiger partial charge in [0, 0.05) is 39.3 Å². The topological polar surface area (TPSA) is 79.0 Å². The van der Waals surface area contributed by atoms with Crippen LogP contribution in [0.3, 0.4) is 0 Å². The number of piperidine rings is 1. The summed E-state index contributed by atoms with van der Waals surface area (Å²) < 4.78 is 46.3. The van der Waals surface area contributed by atoms with Crippen LogP contribution in [0.1, 0.15) is 28.8 Å². The van der Waals surface area contributed by atoms with Crippen LogP contribution in [0.5, 0.6) is 5.75 Å². The average Bonchev–Trinajstić information content (AvgIpc) is 2.72. The Morgan fingerprint density at radius 3 is 2.53 bits per heavy atom. The van der Waals surface area contributed by atoms with Crippen LogP contribution in [0.25, 0.3) is 0 Å². The van der Waals surface area contributed by atoms with E-state index in [1.807, 2.05) is 0 Å². The number of rotatable bonds is 7. The zero-order valence-corrected chi connectivity index (χ0v) is 17.9. The molecule has 2 aromatic carbocycles. The quantitative estimate of drug-likeness (QED) is 0.725. The van der Waals surface area contributed by atoms with Crippen molar-refractivity contribution >= 4 is 16.1 Å².